The average molecular weight is 180 g/mol. The predicted octanol–water partition coefficient (Wildman–Crippen LogP) is 3.73. The second-order valence-corrected chi connectivity index (χ2v) is 2.70. The zero-order valence-electron chi connectivity index (χ0n) is 9.35. The van der Waals surface area contributed by atoms with Gasteiger partial charge in [-0.15, -0.1) is 0 Å². The summed E-state index contributed by atoms with van der Waals surface area (Å²) in [6, 6.07) is 6.22. The molecule has 0 aromatic heterocycles. The monoisotopic (exact) mass is 180 g/mol. The van der Waals surface area contributed by atoms with Gasteiger partial charge in [0, 0.05) is 0 Å². The van der Waals surface area contributed by atoms with Gasteiger partial charge in [0.15, 0.2) is 0 Å². The molecule has 0 aliphatic rings. The molecule has 0 unspecified atom stereocenters. The van der Waals surface area contributed by atoms with Crippen molar-refractivity contribution in [2.45, 2.75) is 34.6 Å². The van der Waals surface area contributed by atoms with Crippen LogP contribution in [-0.2, 0) is 0 Å². The van der Waals surface area contributed by atoms with Crippen LogP contribution in [-0.4, -0.2) is 6.61 Å². The summed E-state index contributed by atoms with van der Waals surface area (Å²) in [7, 11) is 0. The van der Waals surface area contributed by atoms with E-state index in [2.05, 4.69) is 26.0 Å². The Morgan fingerprint density at radius 2 is 1.77 bits per heavy atom. The number of rotatable bonds is 2. The lowest BCUT2D eigenvalue weighted by molar-refractivity contribution is 0.338. The van der Waals surface area contributed by atoms with Crippen molar-refractivity contribution in [2.75, 3.05) is 6.61 Å². The molecule has 0 spiro atoms. The largest absolute Gasteiger partial charge is 0.494 e. The zero-order chi connectivity index (χ0) is 10.3. The van der Waals surface area contributed by atoms with Gasteiger partial charge >= 0.3 is 0 Å². The van der Waals surface area contributed by atoms with E-state index in [0.29, 0.717) is 0 Å². The molecule has 1 heteroatoms. The fourth-order valence-corrected chi connectivity index (χ4v) is 1.12. The van der Waals surface area contributed by atoms with Crippen LogP contribution in [0.2, 0.25) is 0 Å². The van der Waals surface area contributed by atoms with E-state index < -0.39 is 0 Å². The van der Waals surface area contributed by atoms with E-state index >= 15 is 0 Å². The molecule has 0 aliphatic carbocycles. The number of ether oxygens (including phenoxy) is 1. The number of aryl methyl sites for hydroxylation is 2. The minimum absolute atomic E-state index is 0.740. The number of hydrogen-bond donors (Lipinski definition) is 0. The van der Waals surface area contributed by atoms with E-state index in [-0.39, 0.29) is 0 Å². The lowest BCUT2D eigenvalue weighted by atomic mass is 10.1. The smallest absolute Gasteiger partial charge is 0.122 e. The maximum atomic E-state index is 5.39. The molecule has 0 saturated heterocycles. The highest BCUT2D eigenvalue weighted by Crippen LogP contribution is 2.18. The third-order valence-electron chi connectivity index (χ3n) is 1.63. The van der Waals surface area contributed by atoms with Crippen LogP contribution in [0.25, 0.3) is 0 Å². The van der Waals surface area contributed by atoms with Gasteiger partial charge in [0.05, 0.1) is 6.61 Å². The molecule has 1 aromatic carbocycles. The molecule has 0 N–H and O–H groups in total. The Morgan fingerprint density at radius 3 is 2.23 bits per heavy atom. The van der Waals surface area contributed by atoms with Crippen molar-refractivity contribution in [3.8, 4) is 5.75 Å². The molecule has 0 heterocycles. The van der Waals surface area contributed by atoms with Gasteiger partial charge in [-0.25, -0.2) is 0 Å². The summed E-state index contributed by atoms with van der Waals surface area (Å²) in [5, 5.41) is 0. The Labute approximate surface area is 81.7 Å². The van der Waals surface area contributed by atoms with Gasteiger partial charge in [-0.2, -0.15) is 0 Å². The average Bonchev–Trinajstić information content (AvgIpc) is 2.14. The van der Waals surface area contributed by atoms with E-state index in [1.807, 2.05) is 26.8 Å². The van der Waals surface area contributed by atoms with E-state index in [1.165, 1.54) is 11.1 Å². The normalized spacial score (nSPS) is 8.69. The highest BCUT2D eigenvalue weighted by atomic mass is 16.5. The Hall–Kier alpha value is -0.980. The van der Waals surface area contributed by atoms with Crippen molar-refractivity contribution in [3.05, 3.63) is 29.3 Å². The molecule has 1 aromatic rings. The summed E-state index contributed by atoms with van der Waals surface area (Å²) in [6.45, 7) is 10.9. The minimum atomic E-state index is 0.740. The van der Waals surface area contributed by atoms with Gasteiger partial charge < -0.3 is 4.74 Å². The van der Waals surface area contributed by atoms with Crippen LogP contribution in [0.3, 0.4) is 0 Å². The van der Waals surface area contributed by atoms with E-state index in [1.54, 1.807) is 0 Å². The molecule has 1 rings (SSSR count). The Balaban J connectivity index is 0.000000671. The van der Waals surface area contributed by atoms with Crippen molar-refractivity contribution in [1.82, 2.24) is 0 Å². The quantitative estimate of drug-likeness (QED) is 0.674. The molecule has 74 valence electrons. The Kier molecular flexibility index (Phi) is 6.03. The predicted molar refractivity (Wildman–Crippen MR) is 58.4 cm³/mol. The van der Waals surface area contributed by atoms with Gasteiger partial charge in [0.25, 0.3) is 0 Å². The van der Waals surface area contributed by atoms with Crippen LogP contribution in [0.15, 0.2) is 18.2 Å². The third kappa shape index (κ3) is 3.97. The van der Waals surface area contributed by atoms with Crippen molar-refractivity contribution >= 4 is 0 Å². The van der Waals surface area contributed by atoms with Crippen LogP contribution in [0.1, 0.15) is 31.9 Å². The summed E-state index contributed by atoms with van der Waals surface area (Å²) >= 11 is 0. The number of hydrogen-bond acceptors (Lipinski definition) is 1. The fraction of sp³-hybridized carbons (Fsp3) is 0.500. The van der Waals surface area contributed by atoms with Crippen LogP contribution >= 0.6 is 0 Å². The summed E-state index contributed by atoms with van der Waals surface area (Å²) in [5.74, 6) is 0.998. The molecular formula is C12H20O. The summed E-state index contributed by atoms with van der Waals surface area (Å²) in [5.41, 5.74) is 2.50. The highest BCUT2D eigenvalue weighted by molar-refractivity contribution is 5.35. The molecular weight excluding hydrogens is 160 g/mol. The van der Waals surface area contributed by atoms with Crippen LogP contribution in [0.5, 0.6) is 5.75 Å². The molecule has 0 fully saturated rings. The van der Waals surface area contributed by atoms with Gasteiger partial charge in [0.2, 0.25) is 0 Å². The first-order valence-electron chi connectivity index (χ1n) is 4.94. The van der Waals surface area contributed by atoms with Crippen LogP contribution in [0, 0.1) is 13.8 Å². The molecule has 13 heavy (non-hydrogen) atoms. The third-order valence-corrected chi connectivity index (χ3v) is 1.63. The number of benzene rings is 1. The maximum Gasteiger partial charge on any atom is 0.122 e. The lowest BCUT2D eigenvalue weighted by Crippen LogP contribution is -1.93. The van der Waals surface area contributed by atoms with Crippen molar-refractivity contribution in [3.63, 3.8) is 0 Å². The topological polar surface area (TPSA) is 9.23 Å². The molecule has 0 radical (unpaired) electrons. The lowest BCUT2D eigenvalue weighted by Gasteiger charge is -2.06. The fourth-order valence-electron chi connectivity index (χ4n) is 1.12. The zero-order valence-corrected chi connectivity index (χ0v) is 9.35. The van der Waals surface area contributed by atoms with Crippen LogP contribution < -0.4 is 4.74 Å². The summed E-state index contributed by atoms with van der Waals surface area (Å²) < 4.78 is 5.39. The Morgan fingerprint density at radius 1 is 1.15 bits per heavy atom. The SMILES string of the molecule is CC.CCOc1ccc(C)cc1C. The molecule has 0 atom stereocenters. The highest BCUT2D eigenvalue weighted by Gasteiger charge is 1.96. The van der Waals surface area contributed by atoms with Gasteiger partial charge in [-0.1, -0.05) is 31.5 Å². The van der Waals surface area contributed by atoms with Crippen LogP contribution in [0.4, 0.5) is 0 Å². The van der Waals surface area contributed by atoms with E-state index in [0.717, 1.165) is 12.4 Å². The van der Waals surface area contributed by atoms with Crippen molar-refractivity contribution < 1.29 is 4.74 Å². The minimum Gasteiger partial charge on any atom is -0.494 e. The molecule has 1 nitrogen and oxygen atoms in total. The first kappa shape index (κ1) is 12.0. The summed E-state index contributed by atoms with van der Waals surface area (Å²) in [6.07, 6.45) is 0. The second kappa shape index (κ2) is 6.53. The Bertz CT molecular complexity index is 241. The first-order valence-corrected chi connectivity index (χ1v) is 4.94. The van der Waals surface area contributed by atoms with Gasteiger partial charge in [-0.05, 0) is 32.4 Å². The second-order valence-electron chi connectivity index (χ2n) is 2.70. The molecule has 0 amide bonds. The van der Waals surface area contributed by atoms with Crippen molar-refractivity contribution in [2.24, 2.45) is 0 Å². The summed E-state index contributed by atoms with van der Waals surface area (Å²) in [4.78, 5) is 0. The maximum absolute atomic E-state index is 5.39. The molecule has 0 saturated carbocycles. The molecule has 0 bridgehead atoms. The van der Waals surface area contributed by atoms with Gasteiger partial charge in [-0.3, -0.25) is 0 Å². The van der Waals surface area contributed by atoms with Crippen molar-refractivity contribution in [1.29, 1.82) is 0 Å². The standard InChI is InChI=1S/C10H14O.C2H6/c1-4-11-10-6-5-8(2)7-9(10)3;1-2/h5-7H,4H2,1-3H3;1-2H3. The van der Waals surface area contributed by atoms with Gasteiger partial charge in [0.1, 0.15) is 5.75 Å². The first-order chi connectivity index (χ1) is 6.24. The van der Waals surface area contributed by atoms with E-state index in [9.17, 15) is 0 Å². The van der Waals surface area contributed by atoms with E-state index in [4.69, 9.17) is 4.74 Å². The molecule has 0 aliphatic heterocycles.